The van der Waals surface area contributed by atoms with Crippen LogP contribution in [-0.4, -0.2) is 20.3 Å². The van der Waals surface area contributed by atoms with Crippen LogP contribution in [0.5, 0.6) is 5.88 Å². The quantitative estimate of drug-likeness (QED) is 0.297. The smallest absolute Gasteiger partial charge is 0.309 e. The highest BCUT2D eigenvalue weighted by molar-refractivity contribution is 5.70. The summed E-state index contributed by atoms with van der Waals surface area (Å²) in [5.74, 6) is -0.201. The number of carbonyl (C=O) groups excluding carboxylic acids is 1. The van der Waals surface area contributed by atoms with Crippen molar-refractivity contribution in [1.82, 2.24) is 14.4 Å². The van der Waals surface area contributed by atoms with E-state index in [2.05, 4.69) is 0 Å². The number of hydrogen-bond donors (Lipinski definition) is 0. The molecule has 0 aliphatic rings. The number of hydrogen-bond acceptors (Lipinski definition) is 5. The molecule has 5 rings (SSSR count). The van der Waals surface area contributed by atoms with E-state index in [9.17, 15) is 13.6 Å². The van der Waals surface area contributed by atoms with Gasteiger partial charge < -0.3 is 9.15 Å². The van der Waals surface area contributed by atoms with E-state index in [1.54, 1.807) is 10.6 Å². The summed E-state index contributed by atoms with van der Waals surface area (Å²) in [5.41, 5.74) is 3.20. The van der Waals surface area contributed by atoms with Crippen molar-refractivity contribution in [2.45, 2.75) is 26.7 Å². The lowest BCUT2D eigenvalue weighted by Gasteiger charge is -2.10. The van der Waals surface area contributed by atoms with Gasteiger partial charge in [-0.25, -0.2) is 18.7 Å². The van der Waals surface area contributed by atoms with Crippen molar-refractivity contribution >= 4 is 11.6 Å². The molecule has 0 unspecified atom stereocenters. The maximum Gasteiger partial charge on any atom is 0.309 e. The number of ether oxygens (including phenoxy) is 1. The van der Waals surface area contributed by atoms with E-state index in [0.717, 1.165) is 17.4 Å². The standard InChI is InChI=1S/C27H21F2N3O3/c1-16-8-9-22(34-16)14-24-27(35-17(2)33)32-15-25(19-6-4-3-5-7-19)30-23(26(32)31-24)12-18-10-20(28)13-21(29)11-18/h3-11,13,15H,12,14H2,1-2H3. The van der Waals surface area contributed by atoms with Crippen LogP contribution in [-0.2, 0) is 17.6 Å². The van der Waals surface area contributed by atoms with Crippen LogP contribution in [0, 0.1) is 18.6 Å². The number of aryl methyl sites for hydroxylation is 1. The highest BCUT2D eigenvalue weighted by Gasteiger charge is 2.22. The Labute approximate surface area is 199 Å². The lowest BCUT2D eigenvalue weighted by Crippen LogP contribution is -2.07. The van der Waals surface area contributed by atoms with Gasteiger partial charge in [-0.1, -0.05) is 30.3 Å². The molecule has 35 heavy (non-hydrogen) atoms. The molecule has 0 saturated heterocycles. The Morgan fingerprint density at radius 1 is 0.971 bits per heavy atom. The van der Waals surface area contributed by atoms with Gasteiger partial charge in [-0.3, -0.25) is 9.20 Å². The third-order valence-electron chi connectivity index (χ3n) is 5.44. The lowest BCUT2D eigenvalue weighted by molar-refractivity contribution is -0.132. The normalized spacial score (nSPS) is 11.2. The molecule has 3 aromatic heterocycles. The first-order valence-corrected chi connectivity index (χ1v) is 11.0. The Morgan fingerprint density at radius 2 is 1.71 bits per heavy atom. The van der Waals surface area contributed by atoms with Crippen molar-refractivity contribution in [3.8, 4) is 17.1 Å². The van der Waals surface area contributed by atoms with Crippen molar-refractivity contribution in [1.29, 1.82) is 0 Å². The maximum absolute atomic E-state index is 13.9. The van der Waals surface area contributed by atoms with E-state index in [1.807, 2.05) is 49.4 Å². The van der Waals surface area contributed by atoms with Crippen molar-refractivity contribution in [3.63, 3.8) is 0 Å². The number of rotatable bonds is 6. The molecule has 0 aliphatic carbocycles. The number of carbonyl (C=O) groups is 1. The zero-order chi connectivity index (χ0) is 24.5. The van der Waals surface area contributed by atoms with Crippen molar-refractivity contribution < 1.29 is 22.7 Å². The van der Waals surface area contributed by atoms with E-state index < -0.39 is 17.6 Å². The number of esters is 1. The largest absolute Gasteiger partial charge is 0.466 e. The molecule has 3 heterocycles. The Bertz CT molecular complexity index is 1520. The number of benzene rings is 2. The van der Waals surface area contributed by atoms with Crippen LogP contribution in [0.3, 0.4) is 0 Å². The fourth-order valence-electron chi connectivity index (χ4n) is 4.01. The second kappa shape index (κ2) is 9.13. The summed E-state index contributed by atoms with van der Waals surface area (Å²) in [6.45, 7) is 3.16. The second-order valence-electron chi connectivity index (χ2n) is 8.23. The van der Waals surface area contributed by atoms with Crippen LogP contribution in [0.4, 0.5) is 8.78 Å². The van der Waals surface area contributed by atoms with Crippen molar-refractivity contribution in [3.05, 3.63) is 107 Å². The van der Waals surface area contributed by atoms with Crippen molar-refractivity contribution in [2.75, 3.05) is 0 Å². The van der Waals surface area contributed by atoms with Gasteiger partial charge in [-0.2, -0.15) is 0 Å². The van der Waals surface area contributed by atoms with Gasteiger partial charge >= 0.3 is 5.97 Å². The van der Waals surface area contributed by atoms with E-state index in [-0.39, 0.29) is 18.7 Å². The van der Waals surface area contributed by atoms with Crippen molar-refractivity contribution in [2.24, 2.45) is 0 Å². The lowest BCUT2D eigenvalue weighted by atomic mass is 10.1. The van der Waals surface area contributed by atoms with Crippen LogP contribution in [0.15, 0.2) is 71.3 Å². The Balaban J connectivity index is 1.71. The van der Waals surface area contributed by atoms with Gasteiger partial charge in [-0.15, -0.1) is 0 Å². The minimum atomic E-state index is -0.673. The maximum atomic E-state index is 13.9. The first kappa shape index (κ1) is 22.5. The molecular weight excluding hydrogens is 452 g/mol. The van der Waals surface area contributed by atoms with E-state index in [0.29, 0.717) is 34.1 Å². The summed E-state index contributed by atoms with van der Waals surface area (Å²) >= 11 is 0. The molecule has 176 valence electrons. The first-order chi connectivity index (χ1) is 16.9. The molecule has 2 aromatic carbocycles. The monoisotopic (exact) mass is 473 g/mol. The van der Waals surface area contributed by atoms with Gasteiger partial charge in [-0.05, 0) is 36.8 Å². The number of furan rings is 1. The second-order valence-corrected chi connectivity index (χ2v) is 8.23. The number of imidazole rings is 1. The summed E-state index contributed by atoms with van der Waals surface area (Å²) in [5, 5.41) is 0. The minimum absolute atomic E-state index is 0.120. The van der Waals surface area contributed by atoms with Gasteiger partial charge in [0.1, 0.15) is 28.8 Å². The van der Waals surface area contributed by atoms with Gasteiger partial charge in [0.15, 0.2) is 5.65 Å². The van der Waals surface area contributed by atoms with Gasteiger partial charge in [0.05, 0.1) is 17.8 Å². The van der Waals surface area contributed by atoms with E-state index in [4.69, 9.17) is 19.1 Å². The molecule has 0 spiro atoms. The van der Waals surface area contributed by atoms with E-state index >= 15 is 0 Å². The molecule has 0 atom stereocenters. The Morgan fingerprint density at radius 3 is 2.37 bits per heavy atom. The van der Waals surface area contributed by atoms with E-state index in [1.165, 1.54) is 19.1 Å². The molecule has 0 N–H and O–H groups in total. The third kappa shape index (κ3) is 4.82. The molecule has 8 heteroatoms. The summed E-state index contributed by atoms with van der Waals surface area (Å²) < 4.78 is 40.7. The molecule has 0 radical (unpaired) electrons. The third-order valence-corrected chi connectivity index (χ3v) is 5.44. The summed E-state index contributed by atoms with van der Waals surface area (Å²) in [6, 6.07) is 16.5. The number of nitrogens with zero attached hydrogens (tertiary/aromatic N) is 3. The van der Waals surface area contributed by atoms with Crippen LogP contribution >= 0.6 is 0 Å². The van der Waals surface area contributed by atoms with Crippen LogP contribution in [0.2, 0.25) is 0 Å². The fourth-order valence-corrected chi connectivity index (χ4v) is 4.01. The Kier molecular flexibility index (Phi) is 5.86. The van der Waals surface area contributed by atoms with Crippen LogP contribution in [0.25, 0.3) is 16.9 Å². The van der Waals surface area contributed by atoms with Gasteiger partial charge in [0.2, 0.25) is 5.88 Å². The van der Waals surface area contributed by atoms with Crippen LogP contribution in [0.1, 0.15) is 35.4 Å². The predicted molar refractivity (Wildman–Crippen MR) is 125 cm³/mol. The summed E-state index contributed by atoms with van der Waals surface area (Å²) in [6.07, 6.45) is 2.14. The number of aromatic nitrogens is 3. The minimum Gasteiger partial charge on any atom is -0.466 e. The number of fused-ring (bicyclic) bond motifs is 1. The first-order valence-electron chi connectivity index (χ1n) is 11.0. The average Bonchev–Trinajstić information content (AvgIpc) is 3.37. The molecule has 6 nitrogen and oxygen atoms in total. The molecule has 0 saturated carbocycles. The Hall–Kier alpha value is -4.33. The summed E-state index contributed by atoms with van der Waals surface area (Å²) in [4.78, 5) is 21.5. The zero-order valence-corrected chi connectivity index (χ0v) is 19.1. The summed E-state index contributed by atoms with van der Waals surface area (Å²) in [7, 11) is 0. The SMILES string of the molecule is CC(=O)Oc1c(Cc2ccc(C)o2)nc2c(Cc3cc(F)cc(F)c3)nc(-c3ccccc3)cn12. The number of halogens is 2. The molecule has 0 amide bonds. The highest BCUT2D eigenvalue weighted by Crippen LogP contribution is 2.30. The fraction of sp³-hybridized carbons (Fsp3) is 0.148. The van der Waals surface area contributed by atoms with Gasteiger partial charge in [0, 0.05) is 31.2 Å². The van der Waals surface area contributed by atoms with Gasteiger partial charge in [0.25, 0.3) is 0 Å². The average molecular weight is 473 g/mol. The predicted octanol–water partition coefficient (Wildman–Crippen LogP) is 5.68. The molecule has 0 aliphatic heterocycles. The molecule has 5 aromatic rings. The molecule has 0 bridgehead atoms. The molecule has 0 fully saturated rings. The topological polar surface area (TPSA) is 69.6 Å². The zero-order valence-electron chi connectivity index (χ0n) is 19.1. The molecular formula is C27H21F2N3O3. The highest BCUT2D eigenvalue weighted by atomic mass is 19.1. The van der Waals surface area contributed by atoms with Crippen LogP contribution < -0.4 is 4.74 Å².